The first-order chi connectivity index (χ1) is 10.2. The summed E-state index contributed by atoms with van der Waals surface area (Å²) in [5, 5.41) is 7.92. The number of anilines is 2. The van der Waals surface area contributed by atoms with Crippen LogP contribution in [0.5, 0.6) is 0 Å². The molecule has 5 heteroatoms. The van der Waals surface area contributed by atoms with Crippen LogP contribution in [0.3, 0.4) is 0 Å². The third-order valence-corrected chi connectivity index (χ3v) is 5.34. The molecule has 0 spiro atoms. The van der Waals surface area contributed by atoms with Crippen LogP contribution in [0.25, 0.3) is 10.2 Å². The van der Waals surface area contributed by atoms with Gasteiger partial charge < -0.3 is 10.6 Å². The van der Waals surface area contributed by atoms with E-state index in [9.17, 15) is 0 Å². The highest BCUT2D eigenvalue weighted by Gasteiger charge is 2.25. The fraction of sp³-hybridized carbons (Fsp3) is 0.625. The number of aryl methyl sites for hydroxylation is 1. The highest BCUT2D eigenvalue weighted by atomic mass is 32.1. The molecule has 1 atom stereocenters. The summed E-state index contributed by atoms with van der Waals surface area (Å²) >= 11 is 1.77. The van der Waals surface area contributed by atoms with Gasteiger partial charge in [0.2, 0.25) is 5.95 Å². The molecule has 2 aromatic rings. The highest BCUT2D eigenvalue weighted by molar-refractivity contribution is 7.18. The molecule has 1 aliphatic rings. The lowest BCUT2D eigenvalue weighted by atomic mass is 10.1. The topological polar surface area (TPSA) is 49.8 Å². The Morgan fingerprint density at radius 3 is 2.76 bits per heavy atom. The molecule has 0 aromatic carbocycles. The summed E-state index contributed by atoms with van der Waals surface area (Å²) in [5.74, 6) is 2.63. The van der Waals surface area contributed by atoms with Crippen molar-refractivity contribution in [2.75, 3.05) is 17.7 Å². The number of fused-ring (bicyclic) bond motifs is 1. The van der Waals surface area contributed by atoms with Crippen LogP contribution in [-0.2, 0) is 6.42 Å². The first-order valence-electron chi connectivity index (χ1n) is 7.98. The number of hydrogen-bond donors (Lipinski definition) is 2. The Morgan fingerprint density at radius 1 is 1.33 bits per heavy atom. The molecular formula is C16H24N4S. The molecular weight excluding hydrogens is 280 g/mol. The third kappa shape index (κ3) is 3.28. The first kappa shape index (κ1) is 14.6. The van der Waals surface area contributed by atoms with Gasteiger partial charge in [0.25, 0.3) is 0 Å². The van der Waals surface area contributed by atoms with Crippen molar-refractivity contribution in [2.24, 2.45) is 5.92 Å². The van der Waals surface area contributed by atoms with Gasteiger partial charge in [0.05, 0.1) is 5.39 Å². The second-order valence-electron chi connectivity index (χ2n) is 5.86. The molecule has 2 aromatic heterocycles. The van der Waals surface area contributed by atoms with Gasteiger partial charge in [-0.1, -0.05) is 26.7 Å². The monoisotopic (exact) mass is 304 g/mol. The summed E-state index contributed by atoms with van der Waals surface area (Å²) in [6.45, 7) is 4.44. The number of hydrogen-bond acceptors (Lipinski definition) is 5. The minimum atomic E-state index is 0.519. The van der Waals surface area contributed by atoms with Crippen molar-refractivity contribution in [2.45, 2.75) is 52.0 Å². The van der Waals surface area contributed by atoms with Crippen LogP contribution in [0.4, 0.5) is 11.8 Å². The molecule has 1 fully saturated rings. The lowest BCUT2D eigenvalue weighted by molar-refractivity contribution is 0.586. The van der Waals surface area contributed by atoms with Gasteiger partial charge in [0.15, 0.2) is 0 Å². The normalized spacial score (nSPS) is 16.1. The standard InChI is InChI=1S/C16H24N4S/c1-4-11(8-10-6-7-10)18-14-13-9-12(5-2)21-15(13)20-16(17-3)19-14/h9-11H,4-8H2,1-3H3,(H2,17,18,19,20). The van der Waals surface area contributed by atoms with Crippen molar-refractivity contribution >= 4 is 33.3 Å². The smallest absolute Gasteiger partial charge is 0.225 e. The Labute approximate surface area is 130 Å². The second kappa shape index (κ2) is 6.18. The number of thiophene rings is 1. The fourth-order valence-corrected chi connectivity index (χ4v) is 3.61. The molecule has 0 saturated heterocycles. The first-order valence-corrected chi connectivity index (χ1v) is 8.79. The van der Waals surface area contributed by atoms with Crippen LogP contribution >= 0.6 is 11.3 Å². The molecule has 0 bridgehead atoms. The van der Waals surface area contributed by atoms with Gasteiger partial charge in [-0.05, 0) is 31.2 Å². The van der Waals surface area contributed by atoms with Gasteiger partial charge in [0.1, 0.15) is 10.6 Å². The van der Waals surface area contributed by atoms with Crippen LogP contribution in [0, 0.1) is 5.92 Å². The zero-order valence-corrected chi connectivity index (χ0v) is 13.9. The van der Waals surface area contributed by atoms with E-state index in [1.807, 2.05) is 7.05 Å². The van der Waals surface area contributed by atoms with Crippen molar-refractivity contribution in [3.05, 3.63) is 10.9 Å². The molecule has 0 aliphatic heterocycles. The Morgan fingerprint density at radius 2 is 2.14 bits per heavy atom. The maximum absolute atomic E-state index is 4.66. The van der Waals surface area contributed by atoms with E-state index in [0.29, 0.717) is 12.0 Å². The number of nitrogens with one attached hydrogen (secondary N) is 2. The average Bonchev–Trinajstić information content (AvgIpc) is 3.22. The molecule has 0 amide bonds. The van der Waals surface area contributed by atoms with Crippen LogP contribution in [-0.4, -0.2) is 23.1 Å². The summed E-state index contributed by atoms with van der Waals surface area (Å²) in [7, 11) is 1.88. The predicted octanol–water partition coefficient (Wildman–Crippen LogP) is 4.29. The zero-order chi connectivity index (χ0) is 14.8. The number of aromatic nitrogens is 2. The van der Waals surface area contributed by atoms with E-state index in [1.54, 1.807) is 11.3 Å². The van der Waals surface area contributed by atoms with Gasteiger partial charge in [0, 0.05) is 18.0 Å². The highest BCUT2D eigenvalue weighted by Crippen LogP contribution is 2.36. The lowest BCUT2D eigenvalue weighted by Gasteiger charge is -2.18. The van der Waals surface area contributed by atoms with E-state index in [4.69, 9.17) is 0 Å². The summed E-state index contributed by atoms with van der Waals surface area (Å²) in [6, 6.07) is 2.76. The van der Waals surface area contributed by atoms with E-state index in [1.165, 1.54) is 29.5 Å². The Balaban J connectivity index is 1.92. The van der Waals surface area contributed by atoms with E-state index in [2.05, 4.69) is 40.5 Å². The molecule has 21 heavy (non-hydrogen) atoms. The molecule has 1 saturated carbocycles. The average molecular weight is 304 g/mol. The van der Waals surface area contributed by atoms with Crippen molar-refractivity contribution in [1.29, 1.82) is 0 Å². The summed E-state index contributed by atoms with van der Waals surface area (Å²) in [4.78, 5) is 11.7. The fourth-order valence-electron chi connectivity index (χ4n) is 2.64. The maximum Gasteiger partial charge on any atom is 0.225 e. The largest absolute Gasteiger partial charge is 0.367 e. The molecule has 114 valence electrons. The third-order valence-electron chi connectivity index (χ3n) is 4.16. The van der Waals surface area contributed by atoms with Gasteiger partial charge in [-0.3, -0.25) is 0 Å². The second-order valence-corrected chi connectivity index (χ2v) is 6.97. The van der Waals surface area contributed by atoms with E-state index >= 15 is 0 Å². The van der Waals surface area contributed by atoms with Crippen LogP contribution in [0.1, 0.15) is 44.4 Å². The molecule has 1 unspecified atom stereocenters. The summed E-state index contributed by atoms with van der Waals surface area (Å²) in [5.41, 5.74) is 0. The minimum absolute atomic E-state index is 0.519. The van der Waals surface area contributed by atoms with Crippen LogP contribution in [0.15, 0.2) is 6.07 Å². The predicted molar refractivity (Wildman–Crippen MR) is 91.4 cm³/mol. The lowest BCUT2D eigenvalue weighted by Crippen LogP contribution is -2.20. The van der Waals surface area contributed by atoms with Crippen molar-refractivity contribution in [3.8, 4) is 0 Å². The van der Waals surface area contributed by atoms with Gasteiger partial charge in [-0.2, -0.15) is 4.98 Å². The van der Waals surface area contributed by atoms with Crippen molar-refractivity contribution in [1.82, 2.24) is 9.97 Å². The number of rotatable bonds is 7. The van der Waals surface area contributed by atoms with Crippen molar-refractivity contribution in [3.63, 3.8) is 0 Å². The maximum atomic E-state index is 4.66. The van der Waals surface area contributed by atoms with Gasteiger partial charge in [-0.25, -0.2) is 4.98 Å². The molecule has 2 heterocycles. The molecule has 4 nitrogen and oxygen atoms in total. The molecule has 1 aliphatic carbocycles. The summed E-state index contributed by atoms with van der Waals surface area (Å²) in [6.07, 6.45) is 6.26. The van der Waals surface area contributed by atoms with E-state index in [0.717, 1.165) is 29.4 Å². The molecule has 2 N–H and O–H groups in total. The van der Waals surface area contributed by atoms with E-state index < -0.39 is 0 Å². The Bertz CT molecular complexity index is 618. The quantitative estimate of drug-likeness (QED) is 0.801. The van der Waals surface area contributed by atoms with Crippen molar-refractivity contribution < 1.29 is 0 Å². The van der Waals surface area contributed by atoms with Gasteiger partial charge >= 0.3 is 0 Å². The molecule has 3 rings (SSSR count). The zero-order valence-electron chi connectivity index (χ0n) is 13.1. The SMILES string of the molecule is CCc1cc2c(NC(CC)CC3CC3)nc(NC)nc2s1. The minimum Gasteiger partial charge on any atom is -0.367 e. The Hall–Kier alpha value is -1.36. The van der Waals surface area contributed by atoms with Crippen LogP contribution in [0.2, 0.25) is 0 Å². The van der Waals surface area contributed by atoms with Crippen LogP contribution < -0.4 is 10.6 Å². The number of nitrogens with zero attached hydrogens (tertiary/aromatic N) is 2. The summed E-state index contributed by atoms with van der Waals surface area (Å²) < 4.78 is 0. The van der Waals surface area contributed by atoms with Gasteiger partial charge in [-0.15, -0.1) is 11.3 Å². The Kier molecular flexibility index (Phi) is 4.29. The van der Waals surface area contributed by atoms with E-state index in [-0.39, 0.29) is 0 Å². The molecule has 0 radical (unpaired) electrons.